The largest absolute Gasteiger partial charge is 0.518 e. The van der Waals surface area contributed by atoms with E-state index in [0.29, 0.717) is 24.7 Å². The highest BCUT2D eigenvalue weighted by Crippen LogP contribution is 2.61. The molecule has 38 heavy (non-hydrogen) atoms. The van der Waals surface area contributed by atoms with E-state index < -0.39 is 14.0 Å². The van der Waals surface area contributed by atoms with Crippen molar-refractivity contribution in [3.05, 3.63) is 121 Å². The lowest BCUT2D eigenvalue weighted by molar-refractivity contribution is -0.0104. The van der Waals surface area contributed by atoms with Gasteiger partial charge in [0, 0.05) is 17.7 Å². The highest BCUT2D eigenvalue weighted by atomic mass is 31.2. The normalized spacial score (nSPS) is 18.3. The predicted molar refractivity (Wildman–Crippen MR) is 151 cm³/mol. The predicted octanol–water partition coefficient (Wildman–Crippen LogP) is 8.34. The van der Waals surface area contributed by atoms with Crippen molar-refractivity contribution < 1.29 is 18.3 Å². The zero-order valence-electron chi connectivity index (χ0n) is 20.7. The van der Waals surface area contributed by atoms with E-state index in [2.05, 4.69) is 30.3 Å². The van der Waals surface area contributed by atoms with Crippen LogP contribution in [0, 0.1) is 0 Å². The lowest BCUT2D eigenvalue weighted by atomic mass is 9.92. The van der Waals surface area contributed by atoms with E-state index in [9.17, 15) is 4.57 Å². The van der Waals surface area contributed by atoms with Gasteiger partial charge in [0.05, 0.1) is 6.61 Å². The summed E-state index contributed by atoms with van der Waals surface area (Å²) in [7, 11) is -3.87. The van der Waals surface area contributed by atoms with Crippen LogP contribution in [0.3, 0.4) is 0 Å². The monoisotopic (exact) mass is 519 g/mol. The maximum atomic E-state index is 14.8. The summed E-state index contributed by atoms with van der Waals surface area (Å²) in [6.07, 6.45) is 4.16. The van der Waals surface area contributed by atoms with Crippen LogP contribution < -0.4 is 9.05 Å². The molecule has 0 aromatic heterocycles. The van der Waals surface area contributed by atoms with Crippen LogP contribution in [0.25, 0.3) is 32.7 Å². The van der Waals surface area contributed by atoms with E-state index in [1.54, 1.807) is 4.67 Å². The summed E-state index contributed by atoms with van der Waals surface area (Å²) in [6.45, 7) is 0.869. The highest BCUT2D eigenvalue weighted by molar-refractivity contribution is 7.52. The van der Waals surface area contributed by atoms with Crippen molar-refractivity contribution in [2.45, 2.75) is 19.3 Å². The molecular weight excluding hydrogens is 493 g/mol. The Balaban J connectivity index is 1.38. The third kappa shape index (κ3) is 4.00. The fraction of sp³-hybridized carbons (Fsp3) is 0.125. The van der Waals surface area contributed by atoms with Crippen molar-refractivity contribution >= 4 is 29.3 Å². The zero-order chi connectivity index (χ0) is 25.5. The number of rotatable bonds is 4. The smallest absolute Gasteiger partial charge is 0.404 e. The van der Waals surface area contributed by atoms with Crippen LogP contribution in [-0.2, 0) is 15.9 Å². The summed E-state index contributed by atoms with van der Waals surface area (Å²) in [4.78, 5) is 0. The minimum atomic E-state index is -3.87. The second-order valence-corrected chi connectivity index (χ2v) is 11.4. The SMILES string of the molecule is O=P1(N2CCC=CC2OCc2ccccc2)Oc2ccc3ccccc3c2-c2c(ccc3ccccc23)O1. The molecule has 188 valence electrons. The topological polar surface area (TPSA) is 48.0 Å². The molecular formula is C32H26NO4P. The average molecular weight is 520 g/mol. The van der Waals surface area contributed by atoms with Crippen LogP contribution >= 0.6 is 7.75 Å². The van der Waals surface area contributed by atoms with Crippen molar-refractivity contribution in [1.29, 1.82) is 0 Å². The maximum absolute atomic E-state index is 14.8. The van der Waals surface area contributed by atoms with Gasteiger partial charge in [0.15, 0.2) is 0 Å². The molecule has 5 aromatic rings. The molecule has 0 aliphatic carbocycles. The van der Waals surface area contributed by atoms with Crippen LogP contribution in [0.5, 0.6) is 11.5 Å². The number of hydrogen-bond acceptors (Lipinski definition) is 4. The fourth-order valence-corrected chi connectivity index (χ4v) is 7.18. The Morgan fingerprint density at radius 1 is 0.737 bits per heavy atom. The second kappa shape index (κ2) is 9.45. The van der Waals surface area contributed by atoms with Gasteiger partial charge in [-0.1, -0.05) is 97.1 Å². The number of fused-ring (bicyclic) bond motifs is 7. The average Bonchev–Trinajstić information content (AvgIpc) is 3.11. The van der Waals surface area contributed by atoms with Gasteiger partial charge in [-0.05, 0) is 51.7 Å². The van der Waals surface area contributed by atoms with E-state index in [4.69, 9.17) is 13.8 Å². The molecule has 0 radical (unpaired) electrons. The summed E-state index contributed by atoms with van der Waals surface area (Å²) < 4.78 is 35.7. The number of ether oxygens (including phenoxy) is 1. The Morgan fingerprint density at radius 3 is 1.95 bits per heavy atom. The van der Waals surface area contributed by atoms with Crippen LogP contribution in [0.1, 0.15) is 12.0 Å². The molecule has 0 N–H and O–H groups in total. The van der Waals surface area contributed by atoms with Gasteiger partial charge in [0.25, 0.3) is 0 Å². The summed E-state index contributed by atoms with van der Waals surface area (Å²) in [6, 6.07) is 34.2. The van der Waals surface area contributed by atoms with Gasteiger partial charge in [-0.25, -0.2) is 4.57 Å². The Hall–Kier alpha value is -3.89. The summed E-state index contributed by atoms with van der Waals surface area (Å²) in [5, 5.41) is 4.20. The molecule has 0 fully saturated rings. The highest BCUT2D eigenvalue weighted by Gasteiger charge is 2.45. The third-order valence-electron chi connectivity index (χ3n) is 7.16. The van der Waals surface area contributed by atoms with Crippen molar-refractivity contribution in [3.63, 3.8) is 0 Å². The van der Waals surface area contributed by atoms with Gasteiger partial charge in [-0.3, -0.25) is 0 Å². The van der Waals surface area contributed by atoms with Crippen LogP contribution in [0.2, 0.25) is 0 Å². The summed E-state index contributed by atoms with van der Waals surface area (Å²) >= 11 is 0. The van der Waals surface area contributed by atoms with E-state index in [1.165, 1.54) is 0 Å². The lowest BCUT2D eigenvalue weighted by Crippen LogP contribution is -2.38. The van der Waals surface area contributed by atoms with Gasteiger partial charge in [0.1, 0.15) is 17.7 Å². The molecule has 5 nitrogen and oxygen atoms in total. The van der Waals surface area contributed by atoms with E-state index in [1.807, 2.05) is 84.9 Å². The lowest BCUT2D eigenvalue weighted by Gasteiger charge is -2.35. The molecule has 2 aliphatic heterocycles. The summed E-state index contributed by atoms with van der Waals surface area (Å²) in [5.74, 6) is 1.08. The van der Waals surface area contributed by atoms with Crippen LogP contribution in [0.15, 0.2) is 115 Å². The van der Waals surface area contributed by atoms with Crippen LogP contribution in [0.4, 0.5) is 0 Å². The van der Waals surface area contributed by atoms with Gasteiger partial charge < -0.3 is 13.8 Å². The van der Waals surface area contributed by atoms with E-state index >= 15 is 0 Å². The fourth-order valence-electron chi connectivity index (χ4n) is 5.35. The Bertz CT molecular complexity index is 1640. The molecule has 1 atom stereocenters. The third-order valence-corrected chi connectivity index (χ3v) is 9.07. The molecule has 6 heteroatoms. The molecule has 0 saturated carbocycles. The molecule has 0 spiro atoms. The first-order valence-electron chi connectivity index (χ1n) is 12.8. The molecule has 1 unspecified atom stereocenters. The number of nitrogens with zero attached hydrogens (tertiary/aromatic N) is 1. The summed E-state index contributed by atoms with van der Waals surface area (Å²) in [5.41, 5.74) is 2.82. The quantitative estimate of drug-likeness (QED) is 0.176. The first-order chi connectivity index (χ1) is 18.7. The van der Waals surface area contributed by atoms with E-state index in [-0.39, 0.29) is 0 Å². The van der Waals surface area contributed by atoms with Gasteiger partial charge in [-0.2, -0.15) is 4.67 Å². The number of hydrogen-bond donors (Lipinski definition) is 0. The first kappa shape index (κ1) is 23.2. The van der Waals surface area contributed by atoms with Gasteiger partial charge in [-0.15, -0.1) is 0 Å². The van der Waals surface area contributed by atoms with Crippen molar-refractivity contribution in [2.24, 2.45) is 0 Å². The second-order valence-electron chi connectivity index (χ2n) is 9.54. The maximum Gasteiger partial charge on any atom is 0.518 e. The molecule has 2 aliphatic rings. The molecule has 0 amide bonds. The van der Waals surface area contributed by atoms with Crippen molar-refractivity contribution in [1.82, 2.24) is 4.67 Å². The Kier molecular flexibility index (Phi) is 5.78. The molecule has 5 aromatic carbocycles. The molecule has 2 heterocycles. The Morgan fingerprint density at radius 2 is 1.32 bits per heavy atom. The minimum Gasteiger partial charge on any atom is -0.404 e. The molecule has 0 bridgehead atoms. The van der Waals surface area contributed by atoms with Crippen molar-refractivity contribution in [3.8, 4) is 22.6 Å². The Labute approximate surface area is 221 Å². The van der Waals surface area contributed by atoms with Gasteiger partial charge in [0.2, 0.25) is 0 Å². The van der Waals surface area contributed by atoms with Crippen molar-refractivity contribution in [2.75, 3.05) is 6.54 Å². The van der Waals surface area contributed by atoms with Crippen LogP contribution in [-0.4, -0.2) is 17.4 Å². The standard InChI is InChI=1S/C32H26NO4P/c34-38(33-21-9-8-16-30(33)35-22-23-10-2-1-3-11-23)36-28-19-17-24-12-4-6-14-26(24)31(28)32-27-15-7-5-13-25(27)18-20-29(32)37-38/h1-8,10-20,30H,9,21-22H2. The van der Waals surface area contributed by atoms with Gasteiger partial charge >= 0.3 is 7.75 Å². The zero-order valence-corrected chi connectivity index (χ0v) is 21.6. The minimum absolute atomic E-state index is 0.384. The molecule has 7 rings (SSSR count). The van der Waals surface area contributed by atoms with E-state index in [0.717, 1.165) is 44.7 Å². The molecule has 0 saturated heterocycles. The number of benzene rings is 5. The first-order valence-corrected chi connectivity index (χ1v) is 14.3.